The Hall–Kier alpha value is -3.13. The summed E-state index contributed by atoms with van der Waals surface area (Å²) < 4.78 is 18.2. The van der Waals surface area contributed by atoms with Crippen LogP contribution in [0.15, 0.2) is 36.7 Å². The fourth-order valence-electron chi connectivity index (χ4n) is 3.44. The van der Waals surface area contributed by atoms with Gasteiger partial charge in [-0.2, -0.15) is 0 Å². The maximum atomic E-state index is 12.7. The van der Waals surface area contributed by atoms with E-state index in [2.05, 4.69) is 10.3 Å². The Labute approximate surface area is 168 Å². The molecule has 152 valence electrons. The third kappa shape index (κ3) is 4.17. The lowest BCUT2D eigenvalue weighted by atomic mass is 9.97. The first-order valence-electron chi connectivity index (χ1n) is 9.73. The van der Waals surface area contributed by atoms with Gasteiger partial charge in [-0.1, -0.05) is 6.07 Å². The molecule has 1 N–H and O–H groups in total. The fourth-order valence-corrected chi connectivity index (χ4v) is 3.44. The Morgan fingerprint density at radius 3 is 2.86 bits per heavy atom. The molecule has 1 amide bonds. The number of rotatable bonds is 6. The molecule has 3 aromatic heterocycles. The highest BCUT2D eigenvalue weighted by molar-refractivity contribution is 6.03. The Kier molecular flexibility index (Phi) is 5.62. The van der Waals surface area contributed by atoms with E-state index < -0.39 is 0 Å². The van der Waals surface area contributed by atoms with E-state index in [0.717, 1.165) is 37.4 Å². The largest absolute Gasteiger partial charge is 0.491 e. The molecule has 4 heterocycles. The van der Waals surface area contributed by atoms with Crippen molar-refractivity contribution >= 4 is 17.2 Å². The van der Waals surface area contributed by atoms with Crippen molar-refractivity contribution in [3.8, 4) is 11.6 Å². The monoisotopic (exact) mass is 396 g/mol. The number of anilines is 1. The van der Waals surface area contributed by atoms with Crippen molar-refractivity contribution in [2.24, 2.45) is 0 Å². The van der Waals surface area contributed by atoms with Crippen LogP contribution in [0.5, 0.6) is 11.6 Å². The molecular formula is C21H24N4O4. The highest BCUT2D eigenvalue weighted by Gasteiger charge is 2.20. The average Bonchev–Trinajstić information content (AvgIpc) is 3.17. The number of hydrogen-bond acceptors (Lipinski definition) is 6. The van der Waals surface area contributed by atoms with Crippen LogP contribution in [0.4, 0.5) is 5.69 Å². The molecule has 0 saturated carbocycles. The van der Waals surface area contributed by atoms with Crippen molar-refractivity contribution < 1.29 is 19.0 Å². The van der Waals surface area contributed by atoms with Crippen LogP contribution < -0.4 is 14.8 Å². The maximum absolute atomic E-state index is 12.7. The smallest absolute Gasteiger partial charge is 0.274 e. The molecule has 29 heavy (non-hydrogen) atoms. The van der Waals surface area contributed by atoms with Gasteiger partial charge in [0.05, 0.1) is 19.4 Å². The van der Waals surface area contributed by atoms with Crippen LogP contribution in [0, 0.1) is 0 Å². The number of methoxy groups -OCH3 is 1. The van der Waals surface area contributed by atoms with Gasteiger partial charge in [-0.15, -0.1) is 0 Å². The number of hydrogen-bond donors (Lipinski definition) is 1. The summed E-state index contributed by atoms with van der Waals surface area (Å²) in [6.45, 7) is 3.90. The molecule has 4 rings (SSSR count). The zero-order valence-electron chi connectivity index (χ0n) is 16.6. The van der Waals surface area contributed by atoms with Gasteiger partial charge in [0.1, 0.15) is 22.8 Å². The number of nitrogens with one attached hydrogen (secondary N) is 1. The zero-order chi connectivity index (χ0) is 20.2. The topological polar surface area (TPSA) is 87.0 Å². The van der Waals surface area contributed by atoms with Crippen molar-refractivity contribution in [1.29, 1.82) is 0 Å². The second kappa shape index (κ2) is 8.48. The van der Waals surface area contributed by atoms with Gasteiger partial charge >= 0.3 is 0 Å². The van der Waals surface area contributed by atoms with Crippen molar-refractivity contribution in [2.75, 3.05) is 32.2 Å². The van der Waals surface area contributed by atoms with E-state index in [4.69, 9.17) is 19.2 Å². The number of aromatic nitrogens is 3. The Bertz CT molecular complexity index is 1010. The lowest BCUT2D eigenvalue weighted by molar-refractivity contribution is 0.0846. The van der Waals surface area contributed by atoms with Crippen molar-refractivity contribution in [3.63, 3.8) is 0 Å². The van der Waals surface area contributed by atoms with Crippen molar-refractivity contribution in [1.82, 2.24) is 14.4 Å². The number of imidazole rings is 1. The van der Waals surface area contributed by atoms with Crippen LogP contribution in [-0.4, -0.2) is 47.2 Å². The van der Waals surface area contributed by atoms with Gasteiger partial charge in [-0.25, -0.2) is 9.97 Å². The van der Waals surface area contributed by atoms with E-state index in [1.54, 1.807) is 18.2 Å². The lowest BCUT2D eigenvalue weighted by Crippen LogP contribution is -2.15. The maximum Gasteiger partial charge on any atom is 0.274 e. The number of carbonyl (C=O) groups is 1. The molecule has 1 aliphatic heterocycles. The van der Waals surface area contributed by atoms with Crippen LogP contribution in [0.3, 0.4) is 0 Å². The Morgan fingerprint density at radius 1 is 1.28 bits per heavy atom. The second-order valence-electron chi connectivity index (χ2n) is 6.82. The third-order valence-corrected chi connectivity index (χ3v) is 4.93. The minimum atomic E-state index is -0.339. The van der Waals surface area contributed by atoms with E-state index >= 15 is 0 Å². The van der Waals surface area contributed by atoms with Gasteiger partial charge < -0.3 is 23.9 Å². The van der Waals surface area contributed by atoms with E-state index in [9.17, 15) is 4.79 Å². The Balaban J connectivity index is 1.64. The number of ether oxygens (including phenoxy) is 3. The number of nitrogens with zero attached hydrogens (tertiary/aromatic N) is 3. The molecule has 8 nitrogen and oxygen atoms in total. The molecule has 0 aromatic carbocycles. The molecule has 0 atom stereocenters. The van der Waals surface area contributed by atoms with E-state index in [1.165, 1.54) is 7.11 Å². The van der Waals surface area contributed by atoms with Crippen molar-refractivity contribution in [3.05, 3.63) is 48.0 Å². The molecule has 8 heteroatoms. The van der Waals surface area contributed by atoms with Gasteiger partial charge in [-0.05, 0) is 25.8 Å². The van der Waals surface area contributed by atoms with Gasteiger partial charge in [-0.3, -0.25) is 4.79 Å². The summed E-state index contributed by atoms with van der Waals surface area (Å²) >= 11 is 0. The summed E-state index contributed by atoms with van der Waals surface area (Å²) in [7, 11) is 1.51. The van der Waals surface area contributed by atoms with Gasteiger partial charge in [0.2, 0.25) is 5.88 Å². The molecule has 0 aliphatic carbocycles. The molecule has 1 saturated heterocycles. The van der Waals surface area contributed by atoms with Crippen LogP contribution in [-0.2, 0) is 4.74 Å². The normalized spacial score (nSPS) is 14.7. The molecule has 0 radical (unpaired) electrons. The summed E-state index contributed by atoms with van der Waals surface area (Å²) in [4.78, 5) is 21.7. The summed E-state index contributed by atoms with van der Waals surface area (Å²) in [5.74, 6) is 1.00. The average molecular weight is 396 g/mol. The second-order valence-corrected chi connectivity index (χ2v) is 6.82. The quantitative estimate of drug-likeness (QED) is 0.688. The van der Waals surface area contributed by atoms with Crippen LogP contribution >= 0.6 is 0 Å². The number of carbonyl (C=O) groups excluding carboxylic acids is 1. The summed E-state index contributed by atoms with van der Waals surface area (Å²) in [6.07, 6.45) is 5.77. The third-order valence-electron chi connectivity index (χ3n) is 4.93. The molecule has 0 spiro atoms. The first-order valence-corrected chi connectivity index (χ1v) is 9.73. The molecule has 1 aliphatic rings. The predicted molar refractivity (Wildman–Crippen MR) is 108 cm³/mol. The minimum Gasteiger partial charge on any atom is -0.491 e. The summed E-state index contributed by atoms with van der Waals surface area (Å²) in [6, 6.07) is 6.90. The zero-order valence-corrected chi connectivity index (χ0v) is 16.6. The number of fused-ring (bicyclic) bond motifs is 1. The summed E-state index contributed by atoms with van der Waals surface area (Å²) in [5.41, 5.74) is 2.64. The van der Waals surface area contributed by atoms with Gasteiger partial charge in [0.25, 0.3) is 5.91 Å². The summed E-state index contributed by atoms with van der Waals surface area (Å²) in [5, 5.41) is 2.89. The van der Waals surface area contributed by atoms with E-state index in [-0.39, 0.29) is 11.6 Å². The standard InChI is InChI=1S/C21H24N4O4/c1-3-29-18-11-19-22-16(14-7-9-28-10-8-14)12-25(19)13-17(18)24-21(26)15-5-4-6-20(23-15)27-2/h4-6,11-14H,3,7-10H2,1-2H3,(H,24,26). The van der Waals surface area contributed by atoms with E-state index in [1.807, 2.05) is 29.8 Å². The molecular weight excluding hydrogens is 372 g/mol. The number of amides is 1. The van der Waals surface area contributed by atoms with E-state index in [0.29, 0.717) is 29.8 Å². The van der Waals surface area contributed by atoms with Gasteiger partial charge in [0.15, 0.2) is 0 Å². The lowest BCUT2D eigenvalue weighted by Gasteiger charge is -2.19. The molecule has 0 bridgehead atoms. The SMILES string of the molecule is CCOc1cc2nc(C3CCOCC3)cn2cc1NC(=O)c1cccc(OC)n1. The minimum absolute atomic E-state index is 0.264. The molecule has 3 aromatic rings. The van der Waals surface area contributed by atoms with Crippen LogP contribution in [0.25, 0.3) is 5.65 Å². The van der Waals surface area contributed by atoms with Crippen LogP contribution in [0.1, 0.15) is 41.9 Å². The number of pyridine rings is 2. The van der Waals surface area contributed by atoms with Crippen molar-refractivity contribution in [2.45, 2.75) is 25.7 Å². The first-order chi connectivity index (χ1) is 14.2. The molecule has 1 fully saturated rings. The Morgan fingerprint density at radius 2 is 2.10 bits per heavy atom. The van der Waals surface area contributed by atoms with Crippen LogP contribution in [0.2, 0.25) is 0 Å². The predicted octanol–water partition coefficient (Wildman–Crippen LogP) is 3.28. The first kappa shape index (κ1) is 19.2. The molecule has 0 unspecified atom stereocenters. The highest BCUT2D eigenvalue weighted by atomic mass is 16.5. The fraction of sp³-hybridized carbons (Fsp3) is 0.381. The van der Waals surface area contributed by atoms with Gasteiger partial charge in [0, 0.05) is 43.7 Å². The highest BCUT2D eigenvalue weighted by Crippen LogP contribution is 2.30.